The zero-order valence-corrected chi connectivity index (χ0v) is 11.6. The predicted octanol–water partition coefficient (Wildman–Crippen LogP) is 4.75. The zero-order valence-electron chi connectivity index (χ0n) is 9.25. The van der Waals surface area contributed by atoms with Crippen molar-refractivity contribution in [2.75, 3.05) is 0 Å². The lowest BCUT2D eigenvalue weighted by Gasteiger charge is -2.10. The summed E-state index contributed by atoms with van der Waals surface area (Å²) in [5.41, 5.74) is -0.704. The van der Waals surface area contributed by atoms with Crippen molar-refractivity contribution in [3.8, 4) is 11.1 Å². The third-order valence-electron chi connectivity index (χ3n) is 2.55. The molecular formula is C13H6BrClF2O2. The standard InChI is InChI=1S/C13H6BrClF2O2/c14-8-5-4-7(12(17)11(8)15)6-2-1-3-9(16)10(6)13(18)19/h1-5H,(H,18,19). The van der Waals surface area contributed by atoms with Gasteiger partial charge in [-0.3, -0.25) is 0 Å². The number of carbonyl (C=O) groups is 1. The molecule has 0 saturated carbocycles. The maximum Gasteiger partial charge on any atom is 0.339 e. The van der Waals surface area contributed by atoms with Crippen LogP contribution in [0, 0.1) is 11.6 Å². The summed E-state index contributed by atoms with van der Waals surface area (Å²) < 4.78 is 27.9. The topological polar surface area (TPSA) is 37.3 Å². The van der Waals surface area contributed by atoms with Gasteiger partial charge in [0.15, 0.2) is 5.82 Å². The van der Waals surface area contributed by atoms with Gasteiger partial charge in [0.1, 0.15) is 11.4 Å². The van der Waals surface area contributed by atoms with E-state index in [0.29, 0.717) is 4.47 Å². The Balaban J connectivity index is 2.77. The van der Waals surface area contributed by atoms with Gasteiger partial charge in [0.25, 0.3) is 0 Å². The van der Waals surface area contributed by atoms with E-state index in [0.717, 1.165) is 6.07 Å². The lowest BCUT2D eigenvalue weighted by Crippen LogP contribution is -2.04. The van der Waals surface area contributed by atoms with Gasteiger partial charge in [0.05, 0.1) is 5.02 Å². The van der Waals surface area contributed by atoms with Crippen LogP contribution in [0.2, 0.25) is 5.02 Å². The van der Waals surface area contributed by atoms with Crippen LogP contribution in [0.15, 0.2) is 34.8 Å². The molecule has 2 aromatic carbocycles. The lowest BCUT2D eigenvalue weighted by molar-refractivity contribution is 0.0693. The van der Waals surface area contributed by atoms with Crippen molar-refractivity contribution in [2.45, 2.75) is 0 Å². The Kier molecular flexibility index (Phi) is 3.87. The summed E-state index contributed by atoms with van der Waals surface area (Å²) in [6, 6.07) is 6.46. The molecule has 98 valence electrons. The Labute approximate surface area is 120 Å². The van der Waals surface area contributed by atoms with Crippen LogP contribution < -0.4 is 0 Å². The van der Waals surface area contributed by atoms with Crippen LogP contribution in [0.3, 0.4) is 0 Å². The summed E-state index contributed by atoms with van der Waals surface area (Å²) >= 11 is 8.79. The van der Waals surface area contributed by atoms with Crippen LogP contribution in [0.25, 0.3) is 11.1 Å². The van der Waals surface area contributed by atoms with Gasteiger partial charge >= 0.3 is 5.97 Å². The predicted molar refractivity (Wildman–Crippen MR) is 71.5 cm³/mol. The minimum absolute atomic E-state index is 0.0561. The Morgan fingerprint density at radius 2 is 1.84 bits per heavy atom. The maximum absolute atomic E-state index is 14.0. The van der Waals surface area contributed by atoms with Gasteiger partial charge in [-0.05, 0) is 28.1 Å². The number of hydrogen-bond donors (Lipinski definition) is 1. The van der Waals surface area contributed by atoms with Crippen LogP contribution in [0.1, 0.15) is 10.4 Å². The second-order valence-corrected chi connectivity index (χ2v) is 4.92. The van der Waals surface area contributed by atoms with Gasteiger partial charge < -0.3 is 5.11 Å². The first kappa shape index (κ1) is 14.0. The smallest absolute Gasteiger partial charge is 0.339 e. The third-order valence-corrected chi connectivity index (χ3v) is 3.81. The molecule has 0 radical (unpaired) electrons. The van der Waals surface area contributed by atoms with Gasteiger partial charge in [-0.2, -0.15) is 0 Å². The van der Waals surface area contributed by atoms with Crippen LogP contribution in [0.5, 0.6) is 0 Å². The lowest BCUT2D eigenvalue weighted by atomic mass is 9.99. The van der Waals surface area contributed by atoms with Crippen molar-refractivity contribution in [2.24, 2.45) is 0 Å². The minimum Gasteiger partial charge on any atom is -0.478 e. The van der Waals surface area contributed by atoms with Gasteiger partial charge in [-0.25, -0.2) is 13.6 Å². The van der Waals surface area contributed by atoms with Crippen molar-refractivity contribution in [3.05, 3.63) is 57.0 Å². The Hall–Kier alpha value is -1.46. The van der Waals surface area contributed by atoms with Gasteiger partial charge in [-0.15, -0.1) is 0 Å². The average molecular weight is 348 g/mol. The highest BCUT2D eigenvalue weighted by atomic mass is 79.9. The van der Waals surface area contributed by atoms with E-state index in [1.165, 1.54) is 24.3 Å². The van der Waals surface area contributed by atoms with E-state index in [2.05, 4.69) is 15.9 Å². The number of benzene rings is 2. The fraction of sp³-hybridized carbons (Fsp3) is 0. The van der Waals surface area contributed by atoms with Crippen molar-refractivity contribution < 1.29 is 18.7 Å². The molecule has 0 unspecified atom stereocenters. The first-order valence-electron chi connectivity index (χ1n) is 5.09. The maximum atomic E-state index is 14.0. The van der Waals surface area contributed by atoms with E-state index >= 15 is 0 Å². The molecule has 0 saturated heterocycles. The Morgan fingerprint density at radius 3 is 2.47 bits per heavy atom. The Morgan fingerprint density at radius 1 is 1.16 bits per heavy atom. The first-order valence-corrected chi connectivity index (χ1v) is 6.26. The van der Waals surface area contributed by atoms with E-state index < -0.39 is 23.2 Å². The molecule has 19 heavy (non-hydrogen) atoms. The molecule has 6 heteroatoms. The van der Waals surface area contributed by atoms with Gasteiger partial charge in [-0.1, -0.05) is 29.8 Å². The van der Waals surface area contributed by atoms with Crippen LogP contribution in [0.4, 0.5) is 8.78 Å². The number of rotatable bonds is 2. The average Bonchev–Trinajstić information content (AvgIpc) is 2.35. The molecule has 2 rings (SSSR count). The second kappa shape index (κ2) is 5.27. The normalized spacial score (nSPS) is 10.5. The quantitative estimate of drug-likeness (QED) is 0.796. The molecule has 1 N–H and O–H groups in total. The number of hydrogen-bond acceptors (Lipinski definition) is 1. The zero-order chi connectivity index (χ0) is 14.2. The van der Waals surface area contributed by atoms with Crippen molar-refractivity contribution in [1.82, 2.24) is 0 Å². The number of carboxylic acid groups (broad SMARTS) is 1. The summed E-state index contributed by atoms with van der Waals surface area (Å²) in [5, 5.41) is 8.84. The highest BCUT2D eigenvalue weighted by Crippen LogP contribution is 2.35. The summed E-state index contributed by atoms with van der Waals surface area (Å²) in [4.78, 5) is 11.1. The first-order chi connectivity index (χ1) is 8.93. The largest absolute Gasteiger partial charge is 0.478 e. The van der Waals surface area contributed by atoms with Crippen molar-refractivity contribution in [1.29, 1.82) is 0 Å². The third kappa shape index (κ3) is 2.48. The molecule has 0 fully saturated rings. The van der Waals surface area contributed by atoms with Gasteiger partial charge in [0.2, 0.25) is 0 Å². The van der Waals surface area contributed by atoms with E-state index in [1.807, 2.05) is 0 Å². The summed E-state index contributed by atoms with van der Waals surface area (Å²) in [6.45, 7) is 0. The van der Waals surface area contributed by atoms with E-state index in [1.54, 1.807) is 0 Å². The fourth-order valence-corrected chi connectivity index (χ4v) is 2.17. The molecule has 0 atom stereocenters. The van der Waals surface area contributed by atoms with Crippen LogP contribution in [-0.4, -0.2) is 11.1 Å². The van der Waals surface area contributed by atoms with Crippen molar-refractivity contribution in [3.63, 3.8) is 0 Å². The van der Waals surface area contributed by atoms with Crippen LogP contribution in [-0.2, 0) is 0 Å². The summed E-state index contributed by atoms with van der Waals surface area (Å²) in [6.07, 6.45) is 0. The van der Waals surface area contributed by atoms with Crippen LogP contribution >= 0.6 is 27.5 Å². The monoisotopic (exact) mass is 346 g/mol. The molecule has 0 aromatic heterocycles. The molecule has 0 aliphatic rings. The minimum atomic E-state index is -1.47. The molecule has 0 spiro atoms. The molecule has 0 aliphatic heterocycles. The molecule has 0 bridgehead atoms. The van der Waals surface area contributed by atoms with E-state index in [9.17, 15) is 13.6 Å². The molecule has 0 amide bonds. The number of carboxylic acids is 1. The van der Waals surface area contributed by atoms with E-state index in [-0.39, 0.29) is 16.1 Å². The molecular weight excluding hydrogens is 341 g/mol. The van der Waals surface area contributed by atoms with E-state index in [4.69, 9.17) is 16.7 Å². The van der Waals surface area contributed by atoms with Crippen molar-refractivity contribution >= 4 is 33.5 Å². The summed E-state index contributed by atoms with van der Waals surface area (Å²) in [5.74, 6) is -3.20. The molecule has 2 nitrogen and oxygen atoms in total. The SMILES string of the molecule is O=C(O)c1c(F)cccc1-c1ccc(Br)c(Cl)c1F. The highest BCUT2D eigenvalue weighted by Gasteiger charge is 2.20. The highest BCUT2D eigenvalue weighted by molar-refractivity contribution is 9.10. The van der Waals surface area contributed by atoms with Gasteiger partial charge in [0, 0.05) is 15.6 Å². The molecule has 2 aromatic rings. The molecule has 0 aliphatic carbocycles. The molecule has 0 heterocycles. The number of halogens is 4. The Bertz CT molecular complexity index is 674. The second-order valence-electron chi connectivity index (χ2n) is 3.69. The number of aromatic carboxylic acids is 1. The summed E-state index contributed by atoms with van der Waals surface area (Å²) in [7, 11) is 0. The fourth-order valence-electron chi connectivity index (χ4n) is 1.70.